The fourth-order valence-electron chi connectivity index (χ4n) is 1.88. The molecule has 2 aromatic rings. The average Bonchev–Trinajstić information content (AvgIpc) is 2.39. The number of aromatic hydroxyl groups is 1. The highest BCUT2D eigenvalue weighted by molar-refractivity contribution is 5.67. The number of hydrogen-bond donors (Lipinski definition) is 1. The van der Waals surface area contributed by atoms with E-state index in [-0.39, 0.29) is 5.75 Å². The number of phenolic OH excluding ortho intramolecular Hbond substituents is 1. The molecule has 0 radical (unpaired) electrons. The molecule has 86 valence electrons. The molecule has 2 aromatic carbocycles. The van der Waals surface area contributed by atoms with E-state index in [1.807, 2.05) is 30.3 Å². The van der Waals surface area contributed by atoms with Crippen molar-refractivity contribution in [2.24, 2.45) is 0 Å². The molecule has 17 heavy (non-hydrogen) atoms. The topological polar surface area (TPSA) is 38.7 Å². The normalized spacial score (nSPS) is 13.4. The van der Waals surface area contributed by atoms with Gasteiger partial charge in [0.25, 0.3) is 0 Å². The molecular weight excluding hydrogens is 216 g/mol. The Bertz CT molecular complexity index is 532. The number of benzene rings is 2. The van der Waals surface area contributed by atoms with Crippen LogP contribution in [0.3, 0.4) is 0 Å². The van der Waals surface area contributed by atoms with Crippen molar-refractivity contribution in [2.75, 3.05) is 13.2 Å². The summed E-state index contributed by atoms with van der Waals surface area (Å²) in [7, 11) is 0. The molecule has 3 nitrogen and oxygen atoms in total. The Balaban J connectivity index is 2.01. The van der Waals surface area contributed by atoms with Crippen LogP contribution in [0.1, 0.15) is 0 Å². The third kappa shape index (κ3) is 1.91. The van der Waals surface area contributed by atoms with Crippen LogP contribution in [0.25, 0.3) is 11.1 Å². The SMILES string of the molecule is Oc1ccc(-c2ccc3c(c2)OCCO3)cc1. The van der Waals surface area contributed by atoms with E-state index in [0.717, 1.165) is 22.6 Å². The first-order chi connectivity index (χ1) is 8.33. The van der Waals surface area contributed by atoms with E-state index < -0.39 is 0 Å². The van der Waals surface area contributed by atoms with Crippen molar-refractivity contribution >= 4 is 0 Å². The van der Waals surface area contributed by atoms with Crippen LogP contribution in [0.4, 0.5) is 0 Å². The Labute approximate surface area is 99.2 Å². The molecule has 1 aliphatic heterocycles. The van der Waals surface area contributed by atoms with Crippen LogP contribution in [0.15, 0.2) is 42.5 Å². The molecule has 0 saturated heterocycles. The van der Waals surface area contributed by atoms with Gasteiger partial charge in [-0.15, -0.1) is 0 Å². The molecule has 1 N–H and O–H groups in total. The molecule has 3 heteroatoms. The largest absolute Gasteiger partial charge is 0.508 e. The van der Waals surface area contributed by atoms with E-state index >= 15 is 0 Å². The summed E-state index contributed by atoms with van der Waals surface area (Å²) in [6, 6.07) is 13.0. The van der Waals surface area contributed by atoms with Gasteiger partial charge in [0.1, 0.15) is 19.0 Å². The summed E-state index contributed by atoms with van der Waals surface area (Å²) < 4.78 is 11.0. The molecule has 0 fully saturated rings. The van der Waals surface area contributed by atoms with Crippen molar-refractivity contribution in [3.05, 3.63) is 42.5 Å². The van der Waals surface area contributed by atoms with Gasteiger partial charge in [0.15, 0.2) is 11.5 Å². The zero-order valence-electron chi connectivity index (χ0n) is 9.22. The maximum absolute atomic E-state index is 9.25. The van der Waals surface area contributed by atoms with Crippen LogP contribution in [0, 0.1) is 0 Å². The molecule has 0 saturated carbocycles. The van der Waals surface area contributed by atoms with E-state index in [4.69, 9.17) is 9.47 Å². The number of phenols is 1. The summed E-state index contributed by atoms with van der Waals surface area (Å²) in [5.41, 5.74) is 2.09. The van der Waals surface area contributed by atoms with Crippen LogP contribution in [0.5, 0.6) is 17.2 Å². The van der Waals surface area contributed by atoms with Crippen LogP contribution >= 0.6 is 0 Å². The fraction of sp³-hybridized carbons (Fsp3) is 0.143. The van der Waals surface area contributed by atoms with Crippen molar-refractivity contribution in [3.63, 3.8) is 0 Å². The van der Waals surface area contributed by atoms with Gasteiger partial charge in [-0.3, -0.25) is 0 Å². The highest BCUT2D eigenvalue weighted by Crippen LogP contribution is 2.34. The van der Waals surface area contributed by atoms with Crippen LogP contribution in [-0.4, -0.2) is 18.3 Å². The third-order valence-electron chi connectivity index (χ3n) is 2.74. The zero-order valence-corrected chi connectivity index (χ0v) is 9.22. The van der Waals surface area contributed by atoms with Gasteiger partial charge >= 0.3 is 0 Å². The molecule has 0 spiro atoms. The van der Waals surface area contributed by atoms with E-state index in [0.29, 0.717) is 13.2 Å². The van der Waals surface area contributed by atoms with E-state index in [9.17, 15) is 5.11 Å². The van der Waals surface area contributed by atoms with Crippen molar-refractivity contribution in [1.82, 2.24) is 0 Å². The van der Waals surface area contributed by atoms with Crippen molar-refractivity contribution < 1.29 is 14.6 Å². The minimum Gasteiger partial charge on any atom is -0.508 e. The summed E-state index contributed by atoms with van der Waals surface area (Å²) in [5.74, 6) is 1.84. The number of fused-ring (bicyclic) bond motifs is 1. The lowest BCUT2D eigenvalue weighted by Gasteiger charge is -2.18. The summed E-state index contributed by atoms with van der Waals surface area (Å²) in [4.78, 5) is 0. The van der Waals surface area contributed by atoms with Crippen molar-refractivity contribution in [3.8, 4) is 28.4 Å². The highest BCUT2D eigenvalue weighted by Gasteiger charge is 2.12. The maximum Gasteiger partial charge on any atom is 0.161 e. The predicted octanol–water partition coefficient (Wildman–Crippen LogP) is 2.83. The molecule has 1 heterocycles. The van der Waals surface area contributed by atoms with Gasteiger partial charge in [-0.2, -0.15) is 0 Å². The molecule has 0 aromatic heterocycles. The first-order valence-corrected chi connectivity index (χ1v) is 5.52. The van der Waals surface area contributed by atoms with Crippen LogP contribution in [0.2, 0.25) is 0 Å². The lowest BCUT2D eigenvalue weighted by atomic mass is 10.0. The zero-order chi connectivity index (χ0) is 11.7. The molecule has 3 rings (SSSR count). The van der Waals surface area contributed by atoms with Gasteiger partial charge in [-0.25, -0.2) is 0 Å². The summed E-state index contributed by atoms with van der Waals surface area (Å²) >= 11 is 0. The number of ether oxygens (including phenoxy) is 2. The second-order valence-electron chi connectivity index (χ2n) is 3.91. The quantitative estimate of drug-likeness (QED) is 0.815. The molecule has 0 bridgehead atoms. The van der Waals surface area contributed by atoms with E-state index in [1.165, 1.54) is 0 Å². The lowest BCUT2D eigenvalue weighted by Crippen LogP contribution is -2.15. The van der Waals surface area contributed by atoms with Crippen LogP contribution in [-0.2, 0) is 0 Å². The molecule has 0 amide bonds. The molecule has 0 aliphatic carbocycles. The molecule has 0 atom stereocenters. The molecule has 1 aliphatic rings. The highest BCUT2D eigenvalue weighted by atomic mass is 16.6. The van der Waals surface area contributed by atoms with Gasteiger partial charge in [0, 0.05) is 0 Å². The summed E-state index contributed by atoms with van der Waals surface area (Å²) in [6.07, 6.45) is 0. The van der Waals surface area contributed by atoms with Gasteiger partial charge in [0.2, 0.25) is 0 Å². The predicted molar refractivity (Wildman–Crippen MR) is 64.5 cm³/mol. The maximum atomic E-state index is 9.25. The first-order valence-electron chi connectivity index (χ1n) is 5.52. The standard InChI is InChI=1S/C14H12O3/c15-12-4-1-10(2-5-12)11-3-6-13-14(9-11)17-8-7-16-13/h1-6,9,15H,7-8H2. The van der Waals surface area contributed by atoms with E-state index in [2.05, 4.69) is 0 Å². The monoisotopic (exact) mass is 228 g/mol. The third-order valence-corrected chi connectivity index (χ3v) is 2.74. The average molecular weight is 228 g/mol. The Morgan fingerprint density at radius 1 is 0.765 bits per heavy atom. The minimum atomic E-state index is 0.270. The van der Waals surface area contributed by atoms with Crippen molar-refractivity contribution in [1.29, 1.82) is 0 Å². The lowest BCUT2D eigenvalue weighted by molar-refractivity contribution is 0.171. The van der Waals surface area contributed by atoms with Crippen molar-refractivity contribution in [2.45, 2.75) is 0 Å². The van der Waals surface area contributed by atoms with E-state index in [1.54, 1.807) is 12.1 Å². The fourth-order valence-corrected chi connectivity index (χ4v) is 1.88. The Morgan fingerprint density at radius 2 is 1.41 bits per heavy atom. The molecule has 0 unspecified atom stereocenters. The van der Waals surface area contributed by atoms with Gasteiger partial charge < -0.3 is 14.6 Å². The first kappa shape index (κ1) is 10.0. The smallest absolute Gasteiger partial charge is 0.161 e. The van der Waals surface area contributed by atoms with Gasteiger partial charge in [-0.1, -0.05) is 18.2 Å². The van der Waals surface area contributed by atoms with Crippen LogP contribution < -0.4 is 9.47 Å². The number of rotatable bonds is 1. The minimum absolute atomic E-state index is 0.270. The Hall–Kier alpha value is -2.16. The number of hydrogen-bond acceptors (Lipinski definition) is 3. The second kappa shape index (κ2) is 4.01. The summed E-state index contributed by atoms with van der Waals surface area (Å²) in [6.45, 7) is 1.19. The Kier molecular flexibility index (Phi) is 2.37. The molecular formula is C14H12O3. The van der Waals surface area contributed by atoms with Gasteiger partial charge in [-0.05, 0) is 35.4 Å². The Morgan fingerprint density at radius 3 is 2.18 bits per heavy atom. The second-order valence-corrected chi connectivity index (χ2v) is 3.91. The van der Waals surface area contributed by atoms with Gasteiger partial charge in [0.05, 0.1) is 0 Å². The summed E-state index contributed by atoms with van der Waals surface area (Å²) in [5, 5.41) is 9.25.